The lowest BCUT2D eigenvalue weighted by molar-refractivity contribution is 0.292. The number of anilines is 1. The van der Waals surface area contributed by atoms with Gasteiger partial charge in [-0.3, -0.25) is 0 Å². The summed E-state index contributed by atoms with van der Waals surface area (Å²) < 4.78 is 5.43. The van der Waals surface area contributed by atoms with Crippen molar-refractivity contribution in [1.29, 1.82) is 5.26 Å². The van der Waals surface area contributed by atoms with E-state index < -0.39 is 0 Å². The van der Waals surface area contributed by atoms with Crippen LogP contribution in [0, 0.1) is 11.3 Å². The van der Waals surface area contributed by atoms with Gasteiger partial charge in [0.15, 0.2) is 5.82 Å². The fourth-order valence-corrected chi connectivity index (χ4v) is 2.09. The van der Waals surface area contributed by atoms with Crippen LogP contribution in [0.3, 0.4) is 0 Å². The van der Waals surface area contributed by atoms with Gasteiger partial charge in [-0.25, -0.2) is 0 Å². The Balaban J connectivity index is 2.36. The molecule has 0 aliphatic carbocycles. The predicted octanol–water partition coefficient (Wildman–Crippen LogP) is 2.30. The molecule has 7 heteroatoms. The fourth-order valence-electron chi connectivity index (χ4n) is 1.35. The molecular weight excluding hydrogens is 262 g/mol. The Labute approximate surface area is 115 Å². The van der Waals surface area contributed by atoms with Gasteiger partial charge in [-0.1, -0.05) is 6.92 Å². The maximum Gasteiger partial charge on any atom is 0.321 e. The van der Waals surface area contributed by atoms with E-state index in [-0.39, 0.29) is 0 Å². The highest BCUT2D eigenvalue weighted by Crippen LogP contribution is 2.26. The third kappa shape index (κ3) is 3.17. The van der Waals surface area contributed by atoms with Crippen molar-refractivity contribution in [3.8, 4) is 22.8 Å². The average molecular weight is 275 g/mol. The second kappa shape index (κ2) is 6.11. The number of rotatable bonds is 5. The zero-order valence-electron chi connectivity index (χ0n) is 10.7. The number of aromatic nitrogens is 3. The SMILES string of the molecule is CCCOc1nc(NC)nc(-c2ccc(C#N)s2)n1. The Bertz CT molecular complexity index is 604. The highest BCUT2D eigenvalue weighted by Gasteiger charge is 2.11. The van der Waals surface area contributed by atoms with Crippen LogP contribution < -0.4 is 10.1 Å². The molecule has 0 bridgehead atoms. The van der Waals surface area contributed by atoms with Gasteiger partial charge in [-0.05, 0) is 18.6 Å². The zero-order valence-corrected chi connectivity index (χ0v) is 11.5. The first-order valence-electron chi connectivity index (χ1n) is 5.83. The van der Waals surface area contributed by atoms with Crippen molar-refractivity contribution in [1.82, 2.24) is 15.0 Å². The maximum atomic E-state index is 8.84. The molecule has 0 fully saturated rings. The Morgan fingerprint density at radius 1 is 1.37 bits per heavy atom. The van der Waals surface area contributed by atoms with E-state index in [9.17, 15) is 0 Å². The minimum atomic E-state index is 0.295. The zero-order chi connectivity index (χ0) is 13.7. The Morgan fingerprint density at radius 3 is 2.84 bits per heavy atom. The van der Waals surface area contributed by atoms with Gasteiger partial charge in [0.05, 0.1) is 11.5 Å². The highest BCUT2D eigenvalue weighted by atomic mass is 32.1. The van der Waals surface area contributed by atoms with Gasteiger partial charge >= 0.3 is 6.01 Å². The summed E-state index contributed by atoms with van der Waals surface area (Å²) in [6.07, 6.45) is 0.882. The number of ether oxygens (including phenoxy) is 1. The van der Waals surface area contributed by atoms with E-state index >= 15 is 0 Å². The molecule has 1 N–H and O–H groups in total. The summed E-state index contributed by atoms with van der Waals surface area (Å²) >= 11 is 1.34. The van der Waals surface area contributed by atoms with Crippen molar-refractivity contribution < 1.29 is 4.74 Å². The summed E-state index contributed by atoms with van der Waals surface area (Å²) in [4.78, 5) is 14.1. The van der Waals surface area contributed by atoms with Crippen LogP contribution in [0.15, 0.2) is 12.1 Å². The van der Waals surface area contributed by atoms with Gasteiger partial charge in [0.2, 0.25) is 5.95 Å². The first kappa shape index (κ1) is 13.2. The maximum absolute atomic E-state index is 8.84. The number of nitrogens with zero attached hydrogens (tertiary/aromatic N) is 4. The molecule has 2 aromatic rings. The van der Waals surface area contributed by atoms with Crippen molar-refractivity contribution in [2.24, 2.45) is 0 Å². The van der Waals surface area contributed by atoms with E-state index in [1.165, 1.54) is 11.3 Å². The molecule has 0 amide bonds. The number of hydrogen-bond donors (Lipinski definition) is 1. The van der Waals surface area contributed by atoms with Crippen LogP contribution in [0.4, 0.5) is 5.95 Å². The number of nitrogens with one attached hydrogen (secondary N) is 1. The van der Waals surface area contributed by atoms with Crippen LogP contribution in [-0.2, 0) is 0 Å². The summed E-state index contributed by atoms with van der Waals surface area (Å²) in [5, 5.41) is 11.7. The molecule has 2 aromatic heterocycles. The normalized spacial score (nSPS) is 9.95. The highest BCUT2D eigenvalue weighted by molar-refractivity contribution is 7.15. The van der Waals surface area contributed by atoms with Crippen LogP contribution in [-0.4, -0.2) is 28.6 Å². The smallest absolute Gasteiger partial charge is 0.321 e. The van der Waals surface area contributed by atoms with E-state index in [2.05, 4.69) is 26.3 Å². The molecule has 19 heavy (non-hydrogen) atoms. The Hall–Kier alpha value is -2.20. The molecular formula is C12H13N5OS. The topological polar surface area (TPSA) is 83.7 Å². The minimum Gasteiger partial charge on any atom is -0.463 e. The lowest BCUT2D eigenvalue weighted by Crippen LogP contribution is -2.05. The van der Waals surface area contributed by atoms with E-state index in [0.717, 1.165) is 11.3 Å². The van der Waals surface area contributed by atoms with Crippen LogP contribution in [0.25, 0.3) is 10.7 Å². The monoisotopic (exact) mass is 275 g/mol. The molecule has 0 aromatic carbocycles. The van der Waals surface area contributed by atoms with Gasteiger partial charge in [0.1, 0.15) is 10.9 Å². The van der Waals surface area contributed by atoms with Crippen LogP contribution in [0.2, 0.25) is 0 Å². The quantitative estimate of drug-likeness (QED) is 0.901. The van der Waals surface area contributed by atoms with Gasteiger partial charge < -0.3 is 10.1 Å². The van der Waals surface area contributed by atoms with E-state index in [0.29, 0.717) is 29.3 Å². The molecule has 0 atom stereocenters. The molecule has 0 saturated heterocycles. The van der Waals surface area contributed by atoms with Gasteiger partial charge in [-0.2, -0.15) is 20.2 Å². The lowest BCUT2D eigenvalue weighted by atomic mass is 10.4. The molecule has 0 spiro atoms. The molecule has 98 valence electrons. The summed E-state index contributed by atoms with van der Waals surface area (Å²) in [5.74, 6) is 0.958. The van der Waals surface area contributed by atoms with Crippen LogP contribution >= 0.6 is 11.3 Å². The van der Waals surface area contributed by atoms with E-state index in [1.807, 2.05) is 13.0 Å². The second-order valence-corrected chi connectivity index (χ2v) is 4.72. The molecule has 0 saturated carbocycles. The summed E-state index contributed by atoms with van der Waals surface area (Å²) in [7, 11) is 1.73. The van der Waals surface area contributed by atoms with Crippen molar-refractivity contribution in [3.05, 3.63) is 17.0 Å². The summed E-state index contributed by atoms with van der Waals surface area (Å²) in [5.41, 5.74) is 0. The summed E-state index contributed by atoms with van der Waals surface area (Å²) in [6.45, 7) is 2.57. The molecule has 0 aliphatic rings. The predicted molar refractivity (Wildman–Crippen MR) is 73.2 cm³/mol. The van der Waals surface area contributed by atoms with Gasteiger partial charge in [0, 0.05) is 7.05 Å². The number of thiophene rings is 1. The van der Waals surface area contributed by atoms with Crippen molar-refractivity contribution in [2.75, 3.05) is 19.0 Å². The molecule has 6 nitrogen and oxygen atoms in total. The molecule has 0 radical (unpaired) electrons. The van der Waals surface area contributed by atoms with Crippen LogP contribution in [0.5, 0.6) is 6.01 Å². The first-order valence-corrected chi connectivity index (χ1v) is 6.65. The summed E-state index contributed by atoms with van der Waals surface area (Å²) in [6, 6.07) is 5.96. The van der Waals surface area contributed by atoms with E-state index in [4.69, 9.17) is 10.00 Å². The Kier molecular flexibility index (Phi) is 4.26. The van der Waals surface area contributed by atoms with Crippen molar-refractivity contribution in [2.45, 2.75) is 13.3 Å². The third-order valence-electron chi connectivity index (χ3n) is 2.21. The Morgan fingerprint density at radius 2 is 2.21 bits per heavy atom. The largest absolute Gasteiger partial charge is 0.463 e. The van der Waals surface area contributed by atoms with Crippen LogP contribution in [0.1, 0.15) is 18.2 Å². The molecule has 2 rings (SSSR count). The molecule has 2 heterocycles. The fraction of sp³-hybridized carbons (Fsp3) is 0.333. The third-order valence-corrected chi connectivity index (χ3v) is 3.20. The number of hydrogen-bond acceptors (Lipinski definition) is 7. The minimum absolute atomic E-state index is 0.295. The second-order valence-electron chi connectivity index (χ2n) is 3.64. The molecule has 0 aliphatic heterocycles. The first-order chi connectivity index (χ1) is 9.26. The number of nitriles is 1. The molecule has 0 unspecified atom stereocenters. The van der Waals surface area contributed by atoms with Crippen molar-refractivity contribution >= 4 is 17.3 Å². The van der Waals surface area contributed by atoms with Gasteiger partial charge in [-0.15, -0.1) is 11.3 Å². The van der Waals surface area contributed by atoms with Gasteiger partial charge in [0.25, 0.3) is 0 Å². The lowest BCUT2D eigenvalue weighted by Gasteiger charge is -2.06. The van der Waals surface area contributed by atoms with Crippen molar-refractivity contribution in [3.63, 3.8) is 0 Å². The standard InChI is InChI=1S/C12H13N5OS/c1-3-6-18-12-16-10(15-11(14-2)17-12)9-5-4-8(7-13)19-9/h4-5H,3,6H2,1-2H3,(H,14,15,16,17). The van der Waals surface area contributed by atoms with E-state index in [1.54, 1.807) is 13.1 Å². The average Bonchev–Trinajstić information content (AvgIpc) is 2.93.